The number of carbonyl (C=O) groups excluding carboxylic acids is 2. The van der Waals surface area contributed by atoms with Gasteiger partial charge in [0.2, 0.25) is 21.8 Å². The summed E-state index contributed by atoms with van der Waals surface area (Å²) in [6.07, 6.45) is 15.6. The molecule has 3 rings (SSSR count). The number of sulfonamides is 1. The van der Waals surface area contributed by atoms with Gasteiger partial charge in [-0.2, -0.15) is 0 Å². The lowest BCUT2D eigenvalue weighted by Gasteiger charge is -2.33. The highest BCUT2D eigenvalue weighted by molar-refractivity contribution is 7.89. The minimum absolute atomic E-state index is 0.130. The van der Waals surface area contributed by atoms with Crippen LogP contribution in [0.4, 0.5) is 0 Å². The van der Waals surface area contributed by atoms with Crippen molar-refractivity contribution in [2.45, 2.75) is 101 Å². The molecule has 10 nitrogen and oxygen atoms in total. The summed E-state index contributed by atoms with van der Waals surface area (Å²) >= 11 is 0. The number of likely N-dealkylation sites (N-methyl/N-ethyl adjacent to an activating group) is 2. The Morgan fingerprint density at radius 1 is 0.885 bits per heavy atom. The lowest BCUT2D eigenvalue weighted by Crippen LogP contribution is -2.56. The van der Waals surface area contributed by atoms with E-state index >= 15 is 0 Å². The lowest BCUT2D eigenvalue weighted by atomic mass is 9.82. The van der Waals surface area contributed by atoms with Crippen LogP contribution in [-0.4, -0.2) is 96.9 Å². The molecule has 1 saturated carbocycles. The topological polar surface area (TPSA) is 139 Å². The highest BCUT2D eigenvalue weighted by atomic mass is 32.2. The maximum absolute atomic E-state index is 13.9. The molecule has 0 bridgehead atoms. The minimum Gasteiger partial charge on any atom is -0.390 e. The third-order valence-corrected chi connectivity index (χ3v) is 11.9. The molecule has 0 heterocycles. The number of carbonyl (C=O) groups is 2. The Balaban J connectivity index is 1.74. The molecule has 0 spiro atoms. The summed E-state index contributed by atoms with van der Waals surface area (Å²) in [5, 5.41) is 27.7. The second-order valence-electron chi connectivity index (χ2n) is 14.2. The van der Waals surface area contributed by atoms with Gasteiger partial charge in [0.05, 0.1) is 29.9 Å². The van der Waals surface area contributed by atoms with Gasteiger partial charge in [0.25, 0.3) is 0 Å². The van der Waals surface area contributed by atoms with Crippen LogP contribution in [0.3, 0.4) is 0 Å². The van der Waals surface area contributed by atoms with Crippen molar-refractivity contribution >= 4 is 21.8 Å². The number of aliphatic hydroxyl groups is 2. The van der Waals surface area contributed by atoms with Crippen LogP contribution in [0.1, 0.15) is 75.3 Å². The van der Waals surface area contributed by atoms with E-state index in [1.54, 1.807) is 0 Å². The van der Waals surface area contributed by atoms with Gasteiger partial charge in [-0.05, 0) is 49.8 Å². The number of hydrogen-bond donors (Lipinski definition) is 4. The van der Waals surface area contributed by atoms with E-state index < -0.39 is 57.8 Å². The van der Waals surface area contributed by atoms with Crippen LogP contribution in [0.25, 0.3) is 0 Å². The fourth-order valence-corrected chi connectivity index (χ4v) is 8.14. The Morgan fingerprint density at radius 3 is 2.13 bits per heavy atom. The van der Waals surface area contributed by atoms with Gasteiger partial charge in [-0.15, -0.1) is 24.7 Å². The fourth-order valence-electron chi connectivity index (χ4n) is 6.75. The Kier molecular flexibility index (Phi) is 18.4. The maximum Gasteiger partial charge on any atom is 0.243 e. The van der Waals surface area contributed by atoms with Gasteiger partial charge < -0.3 is 25.7 Å². The van der Waals surface area contributed by atoms with Crippen LogP contribution in [0.5, 0.6) is 0 Å². The van der Waals surface area contributed by atoms with Crippen molar-refractivity contribution in [2.75, 3.05) is 32.9 Å². The number of nitrogens with zero attached hydrogens (tertiary/aromatic N) is 2. The van der Waals surface area contributed by atoms with Gasteiger partial charge in [0.15, 0.2) is 0 Å². The van der Waals surface area contributed by atoms with E-state index in [0.717, 1.165) is 43.2 Å². The normalized spacial score (nSPS) is 16.6. The van der Waals surface area contributed by atoms with Crippen LogP contribution >= 0.6 is 0 Å². The Hall–Kier alpha value is -3.71. The number of nitrogens with one attached hydrogen (secondary N) is 2. The summed E-state index contributed by atoms with van der Waals surface area (Å²) in [4.78, 5) is 29.8. The second-order valence-corrected chi connectivity index (χ2v) is 16.3. The SMILES string of the molecule is C#CCCCC(O)C(O)C(CC1CCCCC1)NC(=O)C(CC#C)NC(=O)C(Cc1ccccc1)CS(=O)(=O)N(C)CCN(C)Cc1ccccc1. The van der Waals surface area contributed by atoms with E-state index in [4.69, 9.17) is 12.8 Å². The molecule has 4 N–H and O–H groups in total. The summed E-state index contributed by atoms with van der Waals surface area (Å²) in [6, 6.07) is 17.1. The Labute approximate surface area is 311 Å². The summed E-state index contributed by atoms with van der Waals surface area (Å²) in [7, 11) is -0.460. The molecular weight excluding hydrogens is 677 g/mol. The first kappa shape index (κ1) is 42.7. The average Bonchev–Trinajstić information content (AvgIpc) is 3.14. The molecule has 1 aliphatic rings. The molecule has 52 heavy (non-hydrogen) atoms. The summed E-state index contributed by atoms with van der Waals surface area (Å²) < 4.78 is 28.6. The molecule has 1 fully saturated rings. The zero-order valence-electron chi connectivity index (χ0n) is 30.8. The first-order valence-corrected chi connectivity index (χ1v) is 20.1. The van der Waals surface area contributed by atoms with Gasteiger partial charge in [-0.1, -0.05) is 92.8 Å². The molecule has 0 aliphatic heterocycles. The van der Waals surface area contributed by atoms with E-state index in [-0.39, 0.29) is 31.7 Å². The monoisotopic (exact) mass is 734 g/mol. The van der Waals surface area contributed by atoms with Gasteiger partial charge >= 0.3 is 0 Å². The number of terminal acetylenes is 2. The number of unbranched alkanes of at least 4 members (excludes halogenated alkanes) is 1. The van der Waals surface area contributed by atoms with Crippen LogP contribution < -0.4 is 10.6 Å². The zero-order chi connectivity index (χ0) is 37.9. The molecular formula is C41H58N4O6S. The lowest BCUT2D eigenvalue weighted by molar-refractivity contribution is -0.132. The van der Waals surface area contributed by atoms with E-state index in [1.165, 1.54) is 11.4 Å². The number of amides is 2. The quantitative estimate of drug-likeness (QED) is 0.107. The second kappa shape index (κ2) is 22.4. The summed E-state index contributed by atoms with van der Waals surface area (Å²) in [5.74, 6) is 2.56. The Bertz CT molecular complexity index is 1550. The molecule has 0 aromatic heterocycles. The molecule has 11 heteroatoms. The van der Waals surface area contributed by atoms with Crippen molar-refractivity contribution in [1.29, 1.82) is 0 Å². The predicted molar refractivity (Wildman–Crippen MR) is 206 cm³/mol. The third-order valence-electron chi connectivity index (χ3n) is 9.90. The van der Waals surface area contributed by atoms with Crippen LogP contribution in [0.15, 0.2) is 60.7 Å². The van der Waals surface area contributed by atoms with Crippen molar-refractivity contribution in [2.24, 2.45) is 11.8 Å². The van der Waals surface area contributed by atoms with Crippen LogP contribution in [0.2, 0.25) is 0 Å². The molecule has 5 atom stereocenters. The standard InChI is InChI=1S/C41H58N4O6S/c1-5-7-11-25-38(46)39(47)37(29-33-21-14-9-15-22-33)43-41(49)36(18-6-2)42-40(48)35(28-32-19-12-8-13-20-32)31-52(50,51)45(4)27-26-44(3)30-34-23-16-10-17-24-34/h1-2,8,10,12-13,16-17,19-20,23-24,33,35-39,46-47H,7,9,11,14-15,18,21-22,25-31H2,3-4H3,(H,42,48)(H,43,49). The minimum atomic E-state index is -3.90. The van der Waals surface area contributed by atoms with E-state index in [0.29, 0.717) is 32.4 Å². The maximum atomic E-state index is 13.9. The average molecular weight is 735 g/mol. The van der Waals surface area contributed by atoms with Crippen molar-refractivity contribution in [3.63, 3.8) is 0 Å². The number of benzene rings is 2. The van der Waals surface area contributed by atoms with E-state index in [9.17, 15) is 28.2 Å². The molecule has 5 unspecified atom stereocenters. The summed E-state index contributed by atoms with van der Waals surface area (Å²) in [6.45, 7) is 1.37. The first-order chi connectivity index (χ1) is 24.9. The molecule has 0 saturated heterocycles. The molecule has 0 radical (unpaired) electrons. The zero-order valence-corrected chi connectivity index (χ0v) is 31.6. The van der Waals surface area contributed by atoms with Crippen molar-refractivity contribution < 1.29 is 28.2 Å². The predicted octanol–water partition coefficient (Wildman–Crippen LogP) is 3.73. The van der Waals surface area contributed by atoms with Crippen molar-refractivity contribution in [3.8, 4) is 24.7 Å². The molecule has 2 aromatic rings. The number of aliphatic hydroxyl groups excluding tert-OH is 2. The van der Waals surface area contributed by atoms with E-state index in [2.05, 4.69) is 22.5 Å². The molecule has 2 aromatic carbocycles. The largest absolute Gasteiger partial charge is 0.390 e. The Morgan fingerprint density at radius 2 is 1.52 bits per heavy atom. The van der Waals surface area contributed by atoms with Crippen LogP contribution in [-0.2, 0) is 32.6 Å². The van der Waals surface area contributed by atoms with Gasteiger partial charge in [0.1, 0.15) is 6.04 Å². The smallest absolute Gasteiger partial charge is 0.243 e. The van der Waals surface area contributed by atoms with Gasteiger partial charge in [0, 0.05) is 39.5 Å². The number of hydrogen-bond acceptors (Lipinski definition) is 7. The molecule has 2 amide bonds. The van der Waals surface area contributed by atoms with Crippen molar-refractivity contribution in [3.05, 3.63) is 71.8 Å². The fraction of sp³-hybridized carbons (Fsp3) is 0.561. The molecule has 284 valence electrons. The number of rotatable bonds is 22. The highest BCUT2D eigenvalue weighted by Crippen LogP contribution is 2.29. The van der Waals surface area contributed by atoms with E-state index in [1.807, 2.05) is 72.6 Å². The van der Waals surface area contributed by atoms with Gasteiger partial charge in [-0.25, -0.2) is 12.7 Å². The van der Waals surface area contributed by atoms with Gasteiger partial charge in [-0.3, -0.25) is 9.59 Å². The third kappa shape index (κ3) is 14.7. The summed E-state index contributed by atoms with van der Waals surface area (Å²) in [5.41, 5.74) is 1.89. The van der Waals surface area contributed by atoms with Crippen molar-refractivity contribution in [1.82, 2.24) is 19.8 Å². The molecule has 1 aliphatic carbocycles. The first-order valence-electron chi connectivity index (χ1n) is 18.5. The van der Waals surface area contributed by atoms with Crippen LogP contribution in [0, 0.1) is 36.5 Å². The highest BCUT2D eigenvalue weighted by Gasteiger charge is 2.35.